The van der Waals surface area contributed by atoms with Crippen molar-refractivity contribution >= 4 is 0 Å². The van der Waals surface area contributed by atoms with Crippen molar-refractivity contribution in [3.63, 3.8) is 0 Å². The number of rotatable bonds is 15. The van der Waals surface area contributed by atoms with E-state index in [1.54, 1.807) is 0 Å². The maximum atomic E-state index is 13.6. The molecule has 0 fully saturated rings. The molecule has 0 spiro atoms. The maximum Gasteiger partial charge on any atom is 0.278 e. The van der Waals surface area contributed by atoms with Gasteiger partial charge in [-0.3, -0.25) is 0 Å². The number of unbranched alkanes of at least 4 members (excludes halogenated alkanes) is 8. The second kappa shape index (κ2) is 13.2. The van der Waals surface area contributed by atoms with Gasteiger partial charge in [0.05, 0.1) is 0 Å². The number of benzene rings is 1. The van der Waals surface area contributed by atoms with Gasteiger partial charge in [0, 0.05) is 23.6 Å². The first-order chi connectivity index (χ1) is 13.3. The molecule has 0 aliphatic rings. The third kappa shape index (κ3) is 9.89. The molecule has 3 nitrogen and oxygen atoms in total. The summed E-state index contributed by atoms with van der Waals surface area (Å²) in [5, 5.41) is 28.7. The Hall–Kier alpha value is -1.11. The molecule has 0 amide bonds. The number of hydrogen-bond acceptors (Lipinski definition) is 3. The van der Waals surface area contributed by atoms with Gasteiger partial charge in [-0.2, -0.15) is 0 Å². The maximum absolute atomic E-state index is 13.6. The van der Waals surface area contributed by atoms with Crippen molar-refractivity contribution in [3.8, 4) is 0 Å². The Morgan fingerprint density at radius 1 is 0.750 bits per heavy atom. The molecule has 0 heterocycles. The fraction of sp³-hybridized carbons (Fsp3) is 0.727. The topological polar surface area (TPSA) is 60.7 Å². The lowest BCUT2D eigenvalue weighted by Crippen LogP contribution is -2.37. The summed E-state index contributed by atoms with van der Waals surface area (Å²) < 4.78 is 40.0. The van der Waals surface area contributed by atoms with Gasteiger partial charge in [0.15, 0.2) is 0 Å². The zero-order valence-electron chi connectivity index (χ0n) is 16.9. The highest BCUT2D eigenvalue weighted by Gasteiger charge is 2.30. The third-order valence-electron chi connectivity index (χ3n) is 5.29. The standard InChI is InChI=1S/C22H35F3O3/c1-2-3-4-5-6-9-12-17(22(26,27)28)13-10-7-8-11-14-19-20(24)15-18(23)16-21(19)25/h15-17,26-28H,2-14H2,1H3. The van der Waals surface area contributed by atoms with Crippen LogP contribution in [0.2, 0.25) is 0 Å². The van der Waals surface area contributed by atoms with Crippen molar-refractivity contribution in [2.24, 2.45) is 5.92 Å². The summed E-state index contributed by atoms with van der Waals surface area (Å²) in [4.78, 5) is 0. The van der Waals surface area contributed by atoms with Crippen molar-refractivity contribution in [3.05, 3.63) is 35.1 Å². The van der Waals surface area contributed by atoms with E-state index in [-0.39, 0.29) is 12.0 Å². The summed E-state index contributed by atoms with van der Waals surface area (Å²) in [6, 6.07) is 1.38. The summed E-state index contributed by atoms with van der Waals surface area (Å²) in [5.41, 5.74) is -0.0950. The quantitative estimate of drug-likeness (QED) is 0.264. The van der Waals surface area contributed by atoms with E-state index in [0.717, 1.165) is 32.1 Å². The predicted molar refractivity (Wildman–Crippen MR) is 104 cm³/mol. The molecule has 1 aromatic rings. The van der Waals surface area contributed by atoms with E-state index >= 15 is 0 Å². The minimum absolute atomic E-state index is 0.0950. The van der Waals surface area contributed by atoms with Gasteiger partial charge in [-0.25, -0.2) is 13.2 Å². The van der Waals surface area contributed by atoms with Crippen LogP contribution in [0.3, 0.4) is 0 Å². The van der Waals surface area contributed by atoms with Crippen molar-refractivity contribution < 1.29 is 28.5 Å². The zero-order valence-corrected chi connectivity index (χ0v) is 16.9. The van der Waals surface area contributed by atoms with Crippen LogP contribution in [0.25, 0.3) is 0 Å². The summed E-state index contributed by atoms with van der Waals surface area (Å²) in [5.74, 6) is -5.89. The summed E-state index contributed by atoms with van der Waals surface area (Å²) >= 11 is 0. The van der Waals surface area contributed by atoms with Crippen LogP contribution >= 0.6 is 0 Å². The van der Waals surface area contributed by atoms with Crippen LogP contribution in [0.15, 0.2) is 12.1 Å². The van der Waals surface area contributed by atoms with Crippen LogP contribution in [0.1, 0.15) is 89.5 Å². The average molecular weight is 405 g/mol. The number of aliphatic hydroxyl groups is 3. The van der Waals surface area contributed by atoms with Gasteiger partial charge in [0.1, 0.15) is 17.5 Å². The average Bonchev–Trinajstić information content (AvgIpc) is 2.59. The van der Waals surface area contributed by atoms with Crippen LogP contribution in [-0.4, -0.2) is 21.3 Å². The van der Waals surface area contributed by atoms with Gasteiger partial charge in [0.25, 0.3) is 5.97 Å². The normalized spacial score (nSPS) is 13.1. The van der Waals surface area contributed by atoms with Gasteiger partial charge in [-0.1, -0.05) is 64.7 Å². The van der Waals surface area contributed by atoms with Crippen LogP contribution in [0.5, 0.6) is 0 Å². The fourth-order valence-electron chi connectivity index (χ4n) is 3.56. The van der Waals surface area contributed by atoms with Gasteiger partial charge in [-0.15, -0.1) is 0 Å². The van der Waals surface area contributed by atoms with Gasteiger partial charge < -0.3 is 15.3 Å². The molecule has 0 saturated carbocycles. The first kappa shape index (κ1) is 24.9. The van der Waals surface area contributed by atoms with Crippen LogP contribution in [-0.2, 0) is 6.42 Å². The summed E-state index contributed by atoms with van der Waals surface area (Å²) in [6.07, 6.45) is 10.5. The number of hydrogen-bond donors (Lipinski definition) is 3. The Morgan fingerprint density at radius 3 is 1.71 bits per heavy atom. The Bertz CT molecular complexity index is 535. The van der Waals surface area contributed by atoms with Crippen molar-refractivity contribution in [2.75, 3.05) is 0 Å². The highest BCUT2D eigenvalue weighted by Crippen LogP contribution is 2.26. The summed E-state index contributed by atoms with van der Waals surface area (Å²) in [7, 11) is 0. The van der Waals surface area contributed by atoms with E-state index in [1.165, 1.54) is 19.3 Å². The molecule has 162 valence electrons. The lowest BCUT2D eigenvalue weighted by molar-refractivity contribution is -0.344. The molecule has 0 radical (unpaired) electrons. The molecule has 0 saturated heterocycles. The molecular weight excluding hydrogens is 369 g/mol. The van der Waals surface area contributed by atoms with Crippen LogP contribution in [0, 0.1) is 23.4 Å². The Balaban J connectivity index is 2.25. The molecule has 1 aromatic carbocycles. The Morgan fingerprint density at radius 2 is 1.21 bits per heavy atom. The molecule has 0 aromatic heterocycles. The molecule has 1 unspecified atom stereocenters. The molecule has 0 aliphatic heterocycles. The van der Waals surface area contributed by atoms with Gasteiger partial charge in [0.2, 0.25) is 0 Å². The van der Waals surface area contributed by atoms with E-state index in [1.807, 2.05) is 0 Å². The molecule has 1 atom stereocenters. The van der Waals surface area contributed by atoms with E-state index in [9.17, 15) is 28.5 Å². The molecular formula is C22H35F3O3. The monoisotopic (exact) mass is 404 g/mol. The highest BCUT2D eigenvalue weighted by atomic mass is 19.1. The Kier molecular flexibility index (Phi) is 11.7. The lowest BCUT2D eigenvalue weighted by Gasteiger charge is -2.26. The second-order valence-electron chi connectivity index (χ2n) is 7.74. The van der Waals surface area contributed by atoms with E-state index in [2.05, 4.69) is 6.92 Å². The molecule has 0 aliphatic carbocycles. The fourth-order valence-corrected chi connectivity index (χ4v) is 3.56. The SMILES string of the molecule is CCCCCCCCC(CCCCCCc1c(F)cc(F)cc1F)C(O)(O)O. The van der Waals surface area contributed by atoms with Crippen LogP contribution in [0.4, 0.5) is 13.2 Å². The first-order valence-electron chi connectivity index (χ1n) is 10.6. The minimum atomic E-state index is -2.66. The Labute approximate surface area is 166 Å². The molecule has 0 bridgehead atoms. The zero-order chi connectivity index (χ0) is 21.0. The molecule has 6 heteroatoms. The van der Waals surface area contributed by atoms with Gasteiger partial charge >= 0.3 is 0 Å². The molecule has 1 rings (SSSR count). The smallest absolute Gasteiger partial charge is 0.278 e. The largest absolute Gasteiger partial charge is 0.343 e. The van der Waals surface area contributed by atoms with E-state index in [4.69, 9.17) is 0 Å². The molecule has 3 N–H and O–H groups in total. The van der Waals surface area contributed by atoms with Gasteiger partial charge in [-0.05, 0) is 25.7 Å². The van der Waals surface area contributed by atoms with Crippen LogP contribution < -0.4 is 0 Å². The third-order valence-corrected chi connectivity index (χ3v) is 5.29. The number of halogens is 3. The first-order valence-corrected chi connectivity index (χ1v) is 10.6. The minimum Gasteiger partial charge on any atom is -0.343 e. The lowest BCUT2D eigenvalue weighted by atomic mass is 9.92. The second-order valence-corrected chi connectivity index (χ2v) is 7.74. The summed E-state index contributed by atoms with van der Waals surface area (Å²) in [6.45, 7) is 2.15. The van der Waals surface area contributed by atoms with E-state index in [0.29, 0.717) is 37.8 Å². The van der Waals surface area contributed by atoms with Crippen molar-refractivity contribution in [1.82, 2.24) is 0 Å². The highest BCUT2D eigenvalue weighted by molar-refractivity contribution is 5.20. The van der Waals surface area contributed by atoms with E-state index < -0.39 is 29.3 Å². The molecule has 28 heavy (non-hydrogen) atoms. The van der Waals surface area contributed by atoms with Crippen molar-refractivity contribution in [2.45, 2.75) is 96.4 Å². The predicted octanol–water partition coefficient (Wildman–Crippen LogP) is 5.59. The van der Waals surface area contributed by atoms with Crippen molar-refractivity contribution in [1.29, 1.82) is 0 Å².